The van der Waals surface area contributed by atoms with Gasteiger partial charge in [0.2, 0.25) is 0 Å². The number of furan rings is 1. The zero-order valence-corrected chi connectivity index (χ0v) is 37.3. The first kappa shape index (κ1) is 38.1. The molecule has 0 fully saturated rings. The Balaban J connectivity index is 0.913. The Morgan fingerprint density at radius 3 is 1.65 bits per heavy atom. The van der Waals surface area contributed by atoms with E-state index in [1.165, 1.54) is 77.9 Å². The highest BCUT2D eigenvalue weighted by Crippen LogP contribution is 2.64. The van der Waals surface area contributed by atoms with E-state index in [9.17, 15) is 0 Å². The second kappa shape index (κ2) is 14.5. The Hall–Kier alpha value is -8.99. The fraction of sp³-hybridized carbons (Fsp3) is 0.0308. The molecule has 0 amide bonds. The minimum Gasteiger partial charge on any atom is -0.455 e. The van der Waals surface area contributed by atoms with Gasteiger partial charge in [0.15, 0.2) is 17.5 Å². The van der Waals surface area contributed by atoms with E-state index in [-0.39, 0.29) is 0 Å². The van der Waals surface area contributed by atoms with Crippen LogP contribution < -0.4 is 0 Å². The molecule has 0 N–H and O–H groups in total. The number of nitrogens with zero attached hydrogens (tertiary/aromatic N) is 3. The molecule has 0 saturated heterocycles. The second-order valence-electron chi connectivity index (χ2n) is 18.5. The van der Waals surface area contributed by atoms with Crippen molar-refractivity contribution in [1.82, 2.24) is 15.0 Å². The van der Waals surface area contributed by atoms with E-state index in [4.69, 9.17) is 19.4 Å². The molecule has 2 heterocycles. The summed E-state index contributed by atoms with van der Waals surface area (Å²) >= 11 is 0. The molecule has 69 heavy (non-hydrogen) atoms. The molecular formula is C65H39N3O. The summed E-state index contributed by atoms with van der Waals surface area (Å²) in [5.74, 6) is 1.80. The number of hydrogen-bond donors (Lipinski definition) is 0. The number of hydrogen-bond acceptors (Lipinski definition) is 4. The molecule has 10 aromatic carbocycles. The zero-order valence-electron chi connectivity index (χ0n) is 37.3. The topological polar surface area (TPSA) is 51.8 Å². The van der Waals surface area contributed by atoms with Crippen molar-refractivity contribution >= 4 is 21.9 Å². The van der Waals surface area contributed by atoms with E-state index in [2.05, 4.69) is 206 Å². The van der Waals surface area contributed by atoms with E-state index in [0.717, 1.165) is 56.2 Å². The highest BCUT2D eigenvalue weighted by Gasteiger charge is 2.52. The molecule has 4 nitrogen and oxygen atoms in total. The van der Waals surface area contributed by atoms with Crippen LogP contribution in [0.4, 0.5) is 0 Å². The van der Waals surface area contributed by atoms with Gasteiger partial charge in [-0.25, -0.2) is 15.0 Å². The molecule has 3 aliphatic rings. The Bertz CT molecular complexity index is 4060. The van der Waals surface area contributed by atoms with Crippen molar-refractivity contribution in [2.24, 2.45) is 0 Å². The molecule has 0 radical (unpaired) electrons. The average Bonchev–Trinajstić information content (AvgIpc) is 4.16. The second-order valence-corrected chi connectivity index (χ2v) is 18.5. The van der Waals surface area contributed by atoms with Crippen LogP contribution in [0.15, 0.2) is 229 Å². The van der Waals surface area contributed by atoms with Gasteiger partial charge in [-0.2, -0.15) is 0 Å². The number of para-hydroxylation sites is 2. The third-order valence-electron chi connectivity index (χ3n) is 15.0. The van der Waals surface area contributed by atoms with Gasteiger partial charge in [0, 0.05) is 21.9 Å². The molecular weight excluding hydrogens is 839 g/mol. The summed E-state index contributed by atoms with van der Waals surface area (Å²) in [5, 5.41) is 2.09. The lowest BCUT2D eigenvalue weighted by atomic mass is 9.70. The van der Waals surface area contributed by atoms with Crippen LogP contribution >= 0.6 is 0 Å². The van der Waals surface area contributed by atoms with Crippen molar-refractivity contribution < 1.29 is 4.42 Å². The van der Waals surface area contributed by atoms with Crippen molar-refractivity contribution in [2.75, 3.05) is 0 Å². The normalized spacial score (nSPS) is 13.3. The average molecular weight is 878 g/mol. The SMILES string of the molecule is c1ccc(-c2ccc(-c3nc(-c4cccc5c4-c4cc(-c6cccc7c6-c6ccccc6C76c7ccccc7-c7ccccc76)ccc4C5)nc(-c4cccc5c4oc4ccccc45)n3)cc2)cc1. The van der Waals surface area contributed by atoms with E-state index in [0.29, 0.717) is 17.5 Å². The standard InChI is InChI=1S/C65H39N3O/c1-2-15-39(16-3-1)40-31-33-41(34-32-40)62-66-63(68-64(67-62)52-25-13-23-49-48-20-7-11-30-58(48)69-61(49)52)51-24-12-17-44-37-42-35-36-43(38-53(42)59(44)51)45-22-14-29-57-60(45)50-21-6-10-28-56(50)65(57)54-26-8-4-18-46(54)47-19-5-9-27-55(47)65/h1-36,38H,37H2. The van der Waals surface area contributed by atoms with Crippen LogP contribution in [0.1, 0.15) is 33.4 Å². The summed E-state index contributed by atoms with van der Waals surface area (Å²) in [7, 11) is 0. The molecule has 4 heteroatoms. The van der Waals surface area contributed by atoms with Crippen molar-refractivity contribution in [3.05, 3.63) is 258 Å². The van der Waals surface area contributed by atoms with Gasteiger partial charge < -0.3 is 4.42 Å². The molecule has 12 aromatic rings. The van der Waals surface area contributed by atoms with E-state index in [1.54, 1.807) is 0 Å². The Labute approximate surface area is 398 Å². The van der Waals surface area contributed by atoms with Crippen LogP contribution in [0.25, 0.3) is 112 Å². The smallest absolute Gasteiger partial charge is 0.167 e. The largest absolute Gasteiger partial charge is 0.455 e. The van der Waals surface area contributed by atoms with Crippen molar-refractivity contribution in [1.29, 1.82) is 0 Å². The lowest BCUT2D eigenvalue weighted by molar-refractivity contribution is 0.669. The Morgan fingerprint density at radius 1 is 0.319 bits per heavy atom. The first-order valence-corrected chi connectivity index (χ1v) is 23.7. The molecule has 1 spiro atoms. The summed E-state index contributed by atoms with van der Waals surface area (Å²) in [6.07, 6.45) is 0.829. The molecule has 0 unspecified atom stereocenters. The van der Waals surface area contributed by atoms with E-state index >= 15 is 0 Å². The fourth-order valence-corrected chi connectivity index (χ4v) is 12.1. The third-order valence-corrected chi connectivity index (χ3v) is 15.0. The van der Waals surface area contributed by atoms with Gasteiger partial charge in [-0.15, -0.1) is 0 Å². The first-order valence-electron chi connectivity index (χ1n) is 23.7. The van der Waals surface area contributed by atoms with E-state index < -0.39 is 5.41 Å². The minimum absolute atomic E-state index is 0.408. The summed E-state index contributed by atoms with van der Waals surface area (Å²) in [6, 6.07) is 81.2. The maximum atomic E-state index is 6.59. The fourth-order valence-electron chi connectivity index (χ4n) is 12.1. The summed E-state index contributed by atoms with van der Waals surface area (Å²) in [5.41, 5.74) is 24.1. The maximum absolute atomic E-state index is 6.59. The van der Waals surface area contributed by atoms with Gasteiger partial charge >= 0.3 is 0 Å². The molecule has 2 aromatic heterocycles. The maximum Gasteiger partial charge on any atom is 0.167 e. The molecule has 320 valence electrons. The van der Waals surface area contributed by atoms with Gasteiger partial charge in [-0.1, -0.05) is 206 Å². The van der Waals surface area contributed by atoms with Crippen LogP contribution in [0.2, 0.25) is 0 Å². The van der Waals surface area contributed by atoms with Gasteiger partial charge in [-0.3, -0.25) is 0 Å². The molecule has 0 saturated carbocycles. The molecule has 0 aliphatic heterocycles. The lowest BCUT2D eigenvalue weighted by Gasteiger charge is -2.30. The quantitative estimate of drug-likeness (QED) is 0.173. The highest BCUT2D eigenvalue weighted by atomic mass is 16.3. The van der Waals surface area contributed by atoms with Gasteiger partial charge in [0.05, 0.1) is 11.0 Å². The molecule has 15 rings (SSSR count). The van der Waals surface area contributed by atoms with Crippen LogP contribution in [-0.2, 0) is 11.8 Å². The zero-order chi connectivity index (χ0) is 45.2. The number of rotatable bonds is 5. The number of aromatic nitrogens is 3. The third kappa shape index (κ3) is 5.43. The number of benzene rings is 10. The van der Waals surface area contributed by atoms with Crippen molar-refractivity contribution in [2.45, 2.75) is 11.8 Å². The highest BCUT2D eigenvalue weighted by molar-refractivity contribution is 6.09. The van der Waals surface area contributed by atoms with E-state index in [1.807, 2.05) is 18.2 Å². The minimum atomic E-state index is -0.408. The van der Waals surface area contributed by atoms with Gasteiger partial charge in [0.25, 0.3) is 0 Å². The Kier molecular flexibility index (Phi) is 8.02. The molecule has 3 aliphatic carbocycles. The monoisotopic (exact) mass is 877 g/mol. The van der Waals surface area contributed by atoms with Crippen molar-refractivity contribution in [3.8, 4) is 89.8 Å². The summed E-state index contributed by atoms with van der Waals surface area (Å²) in [4.78, 5) is 16.0. The molecule has 0 atom stereocenters. The van der Waals surface area contributed by atoms with Crippen LogP contribution in [0.3, 0.4) is 0 Å². The van der Waals surface area contributed by atoms with Crippen LogP contribution in [-0.4, -0.2) is 15.0 Å². The van der Waals surface area contributed by atoms with Gasteiger partial charge in [0.1, 0.15) is 11.2 Å². The van der Waals surface area contributed by atoms with Crippen LogP contribution in [0, 0.1) is 0 Å². The first-order chi connectivity index (χ1) is 34.2. The summed E-state index contributed by atoms with van der Waals surface area (Å²) < 4.78 is 6.59. The summed E-state index contributed by atoms with van der Waals surface area (Å²) in [6.45, 7) is 0. The lowest BCUT2D eigenvalue weighted by Crippen LogP contribution is -2.25. The van der Waals surface area contributed by atoms with Crippen LogP contribution in [0.5, 0.6) is 0 Å². The Morgan fingerprint density at radius 2 is 0.855 bits per heavy atom. The predicted octanol–water partition coefficient (Wildman–Crippen LogP) is 16.0. The predicted molar refractivity (Wildman–Crippen MR) is 279 cm³/mol. The number of fused-ring (bicyclic) bond motifs is 16. The van der Waals surface area contributed by atoms with Gasteiger partial charge in [-0.05, 0) is 114 Å². The molecule has 0 bridgehead atoms. The van der Waals surface area contributed by atoms with Crippen molar-refractivity contribution in [3.63, 3.8) is 0 Å².